The summed E-state index contributed by atoms with van der Waals surface area (Å²) in [5.74, 6) is -0.535. The third-order valence-electron chi connectivity index (χ3n) is 5.94. The maximum atomic E-state index is 13.3. The van der Waals surface area contributed by atoms with Crippen molar-refractivity contribution >= 4 is 35.1 Å². The average Bonchev–Trinajstić information content (AvgIpc) is 2.93. The number of nitriles is 1. The zero-order valence-electron chi connectivity index (χ0n) is 21.0. The molecule has 9 heteroatoms. The molecule has 1 heterocycles. The van der Waals surface area contributed by atoms with Gasteiger partial charge in [-0.05, 0) is 61.4 Å². The largest absolute Gasteiger partial charge is 0.463 e. The number of hydrogen-bond acceptors (Lipinski definition) is 5. The van der Waals surface area contributed by atoms with Gasteiger partial charge in [-0.15, -0.1) is 0 Å². The summed E-state index contributed by atoms with van der Waals surface area (Å²) in [5.41, 5.74) is 3.58. The monoisotopic (exact) mass is 509 g/mol. The first-order valence-corrected chi connectivity index (χ1v) is 12.2. The maximum Gasteiger partial charge on any atom is 0.338 e. The summed E-state index contributed by atoms with van der Waals surface area (Å²) < 4.78 is 5.42. The van der Waals surface area contributed by atoms with Crippen molar-refractivity contribution in [3.63, 3.8) is 0 Å². The average molecular weight is 510 g/mol. The van der Waals surface area contributed by atoms with Crippen LogP contribution in [0.3, 0.4) is 0 Å². The molecular formula is C29H27N5O4. The minimum absolute atomic E-state index is 0.175. The molecule has 38 heavy (non-hydrogen) atoms. The van der Waals surface area contributed by atoms with Gasteiger partial charge in [0.25, 0.3) is 0 Å². The van der Waals surface area contributed by atoms with E-state index < -0.39 is 18.0 Å². The van der Waals surface area contributed by atoms with Crippen molar-refractivity contribution in [2.45, 2.75) is 19.9 Å². The van der Waals surface area contributed by atoms with Gasteiger partial charge in [0.1, 0.15) is 0 Å². The molecule has 9 nitrogen and oxygen atoms in total. The van der Waals surface area contributed by atoms with Gasteiger partial charge in [0.15, 0.2) is 0 Å². The Balaban J connectivity index is 1.69. The first-order valence-electron chi connectivity index (χ1n) is 12.2. The van der Waals surface area contributed by atoms with Crippen LogP contribution in [0.1, 0.15) is 36.6 Å². The van der Waals surface area contributed by atoms with Crippen molar-refractivity contribution in [1.29, 1.82) is 5.26 Å². The quantitative estimate of drug-likeness (QED) is 0.375. The Hall–Kier alpha value is -5.10. The van der Waals surface area contributed by atoms with E-state index >= 15 is 0 Å². The molecule has 1 atom stereocenters. The molecule has 4 rings (SSSR count). The second-order valence-corrected chi connectivity index (χ2v) is 8.37. The minimum Gasteiger partial charge on any atom is -0.463 e. The normalized spacial score (nSPS) is 14.8. The van der Waals surface area contributed by atoms with Crippen LogP contribution < -0.4 is 16.0 Å². The number of carbonyl (C=O) groups excluding carboxylic acids is 3. The molecule has 4 amide bonds. The summed E-state index contributed by atoms with van der Waals surface area (Å²) in [4.78, 5) is 40.6. The molecule has 0 fully saturated rings. The number of ether oxygens (including phenoxy) is 1. The van der Waals surface area contributed by atoms with Crippen LogP contribution in [0.4, 0.5) is 21.0 Å². The van der Waals surface area contributed by atoms with E-state index in [1.165, 1.54) is 4.90 Å². The van der Waals surface area contributed by atoms with Gasteiger partial charge in [-0.1, -0.05) is 42.5 Å². The molecule has 1 aliphatic rings. The van der Waals surface area contributed by atoms with Gasteiger partial charge in [0, 0.05) is 17.9 Å². The highest BCUT2D eigenvalue weighted by Crippen LogP contribution is 2.37. The van der Waals surface area contributed by atoms with Crippen LogP contribution in [0.15, 0.2) is 84.4 Å². The second-order valence-electron chi connectivity index (χ2n) is 8.37. The standard InChI is InChI=1S/C29H27N5O4/c1-3-34-26(20-9-6-5-7-10-20)24(27(35)38-4-2)25(33-29(34)37)21-11-8-12-23(17-21)32-28(36)31-22-15-13-19(18-30)14-16-22/h5-17,25H,3-4H2,1-2H3,(H,33,37)(H2,31,32,36)/t25-/m1/s1. The van der Waals surface area contributed by atoms with E-state index in [1.807, 2.05) is 43.3 Å². The number of benzene rings is 3. The third-order valence-corrected chi connectivity index (χ3v) is 5.94. The van der Waals surface area contributed by atoms with E-state index in [-0.39, 0.29) is 12.6 Å². The fourth-order valence-corrected chi connectivity index (χ4v) is 4.26. The number of rotatable bonds is 7. The molecule has 0 radical (unpaired) electrons. The van der Waals surface area contributed by atoms with Crippen molar-refractivity contribution in [3.8, 4) is 6.07 Å². The Labute approximate surface area is 220 Å². The lowest BCUT2D eigenvalue weighted by Gasteiger charge is -2.36. The first kappa shape index (κ1) is 26.0. The van der Waals surface area contributed by atoms with Gasteiger partial charge in [0.2, 0.25) is 0 Å². The maximum absolute atomic E-state index is 13.3. The highest BCUT2D eigenvalue weighted by atomic mass is 16.5. The van der Waals surface area contributed by atoms with Crippen molar-refractivity contribution in [1.82, 2.24) is 10.2 Å². The van der Waals surface area contributed by atoms with Crippen molar-refractivity contribution in [2.75, 3.05) is 23.8 Å². The predicted molar refractivity (Wildman–Crippen MR) is 144 cm³/mol. The molecule has 0 bridgehead atoms. The zero-order valence-corrected chi connectivity index (χ0v) is 21.0. The number of amides is 4. The van der Waals surface area contributed by atoms with Gasteiger partial charge < -0.3 is 20.7 Å². The Morgan fingerprint density at radius 2 is 1.68 bits per heavy atom. The zero-order chi connectivity index (χ0) is 27.1. The summed E-state index contributed by atoms with van der Waals surface area (Å²) in [7, 11) is 0. The van der Waals surface area contributed by atoms with Crippen LogP contribution in [0.25, 0.3) is 5.70 Å². The van der Waals surface area contributed by atoms with Crippen molar-refractivity contribution < 1.29 is 19.1 Å². The highest BCUT2D eigenvalue weighted by Gasteiger charge is 2.38. The molecule has 0 aliphatic carbocycles. The molecule has 0 spiro atoms. The number of esters is 1. The van der Waals surface area contributed by atoms with Gasteiger partial charge in [-0.25, -0.2) is 14.4 Å². The number of carbonyl (C=O) groups is 3. The number of nitrogens with one attached hydrogen (secondary N) is 3. The van der Waals surface area contributed by atoms with Crippen LogP contribution in [0.5, 0.6) is 0 Å². The number of hydrogen-bond donors (Lipinski definition) is 3. The van der Waals surface area contributed by atoms with Crippen LogP contribution in [0.2, 0.25) is 0 Å². The van der Waals surface area contributed by atoms with Crippen LogP contribution >= 0.6 is 0 Å². The molecule has 0 unspecified atom stereocenters. The Morgan fingerprint density at radius 1 is 0.974 bits per heavy atom. The molecule has 0 saturated heterocycles. The lowest BCUT2D eigenvalue weighted by atomic mass is 9.91. The fourth-order valence-electron chi connectivity index (χ4n) is 4.26. The molecule has 1 aliphatic heterocycles. The first-order chi connectivity index (χ1) is 18.4. The van der Waals surface area contributed by atoms with Crippen molar-refractivity contribution in [2.24, 2.45) is 0 Å². The molecular weight excluding hydrogens is 482 g/mol. The molecule has 0 saturated carbocycles. The van der Waals surface area contributed by atoms with Gasteiger partial charge in [-0.3, -0.25) is 4.90 Å². The SMILES string of the molecule is CCOC(=O)C1=C(c2ccccc2)N(CC)C(=O)N[C@@H]1c1cccc(NC(=O)Nc2ccc(C#N)cc2)c1. The molecule has 3 aromatic carbocycles. The number of nitrogens with zero attached hydrogens (tertiary/aromatic N) is 2. The number of anilines is 2. The summed E-state index contributed by atoms with van der Waals surface area (Å²) >= 11 is 0. The highest BCUT2D eigenvalue weighted by molar-refractivity contribution is 6.05. The topological polar surface area (TPSA) is 124 Å². The molecule has 192 valence electrons. The van der Waals surface area contributed by atoms with Crippen LogP contribution in [0, 0.1) is 11.3 Å². The van der Waals surface area contributed by atoms with Gasteiger partial charge >= 0.3 is 18.0 Å². The minimum atomic E-state index is -0.803. The second kappa shape index (κ2) is 11.8. The third kappa shape index (κ3) is 5.65. The van der Waals surface area contributed by atoms with E-state index in [4.69, 9.17) is 10.00 Å². The Morgan fingerprint density at radius 3 is 2.34 bits per heavy atom. The number of urea groups is 2. The fraction of sp³-hybridized carbons (Fsp3) is 0.172. The van der Waals surface area contributed by atoms with E-state index in [2.05, 4.69) is 16.0 Å². The van der Waals surface area contributed by atoms with E-state index in [9.17, 15) is 14.4 Å². The van der Waals surface area contributed by atoms with E-state index in [0.29, 0.717) is 45.9 Å². The Bertz CT molecular complexity index is 1410. The van der Waals surface area contributed by atoms with E-state index in [0.717, 1.165) is 0 Å². The van der Waals surface area contributed by atoms with Crippen LogP contribution in [-0.2, 0) is 9.53 Å². The summed E-state index contributed by atoms with van der Waals surface area (Å²) in [5, 5.41) is 17.4. The molecule has 3 aromatic rings. The summed E-state index contributed by atoms with van der Waals surface area (Å²) in [6.07, 6.45) is 0. The predicted octanol–water partition coefficient (Wildman–Crippen LogP) is 5.26. The summed E-state index contributed by atoms with van der Waals surface area (Å²) in [6, 6.07) is 23.0. The smallest absolute Gasteiger partial charge is 0.338 e. The van der Waals surface area contributed by atoms with Gasteiger partial charge in [-0.2, -0.15) is 5.26 Å². The summed E-state index contributed by atoms with van der Waals surface area (Å²) in [6.45, 7) is 4.09. The molecule has 3 N–H and O–H groups in total. The molecule has 0 aromatic heterocycles. The Kier molecular flexibility index (Phi) is 8.04. The van der Waals surface area contributed by atoms with E-state index in [1.54, 1.807) is 55.5 Å². The lowest BCUT2D eigenvalue weighted by Crippen LogP contribution is -2.47. The van der Waals surface area contributed by atoms with Crippen LogP contribution in [-0.4, -0.2) is 36.1 Å². The lowest BCUT2D eigenvalue weighted by molar-refractivity contribution is -0.138. The van der Waals surface area contributed by atoms with Gasteiger partial charge in [0.05, 0.1) is 35.6 Å². The van der Waals surface area contributed by atoms with Crippen molar-refractivity contribution in [3.05, 3.63) is 101 Å².